The van der Waals surface area contributed by atoms with E-state index in [9.17, 15) is 10.2 Å². The molecule has 0 unspecified atom stereocenters. The minimum absolute atomic E-state index is 0.0572. The Bertz CT molecular complexity index is 725. The fourth-order valence-electron chi connectivity index (χ4n) is 7.79. The number of hydrogen-bond donors (Lipinski definition) is 2. The summed E-state index contributed by atoms with van der Waals surface area (Å²) in [6, 6.07) is 4.26. The van der Waals surface area contributed by atoms with Gasteiger partial charge in [-0.25, -0.2) is 0 Å². The van der Waals surface area contributed by atoms with Crippen LogP contribution in [0.3, 0.4) is 0 Å². The molecule has 2 N–H and O–H groups in total. The van der Waals surface area contributed by atoms with Crippen LogP contribution in [-0.4, -0.2) is 22.4 Å². The molecule has 0 saturated heterocycles. The third kappa shape index (κ3) is 2.72. The molecule has 4 saturated carbocycles. The summed E-state index contributed by atoms with van der Waals surface area (Å²) < 4.78 is 0. The van der Waals surface area contributed by atoms with Crippen LogP contribution in [0, 0.1) is 34.5 Å². The van der Waals surface area contributed by atoms with Gasteiger partial charge in [0.2, 0.25) is 0 Å². The zero-order valence-electron chi connectivity index (χ0n) is 16.7. The molecule has 4 fully saturated rings. The molecule has 27 heavy (non-hydrogen) atoms. The quantitative estimate of drug-likeness (QED) is 0.668. The molecule has 0 aromatic carbocycles. The van der Waals surface area contributed by atoms with Crippen molar-refractivity contribution in [1.29, 1.82) is 0 Å². The molecule has 5 rings (SSSR count). The first kappa shape index (κ1) is 18.4. The molecule has 148 valence electrons. The van der Waals surface area contributed by atoms with Crippen LogP contribution in [-0.2, 0) is 0 Å². The smallest absolute Gasteiger partial charge is 0.0810 e. The van der Waals surface area contributed by atoms with Gasteiger partial charge in [0.25, 0.3) is 0 Å². The number of rotatable bonds is 1. The molecule has 3 heteroatoms. The van der Waals surface area contributed by atoms with Crippen LogP contribution in [0.4, 0.5) is 0 Å². The van der Waals surface area contributed by atoms with E-state index in [1.54, 1.807) is 11.3 Å². The largest absolute Gasteiger partial charge is 0.393 e. The molecule has 0 aliphatic heterocycles. The molecule has 8 atom stereocenters. The SMILES string of the molecule is C[C@]12CC[C@H](O)C[C@H]1CC[C@@H]1[C@@H]2CC[C@]2(C)[C@@H](O)/C(=C/c3cccs3)C[C@@H]12. The summed E-state index contributed by atoms with van der Waals surface area (Å²) in [5, 5.41) is 23.6. The van der Waals surface area contributed by atoms with Gasteiger partial charge in [-0.2, -0.15) is 0 Å². The van der Waals surface area contributed by atoms with E-state index >= 15 is 0 Å². The molecular formula is C24H34O2S. The second kappa shape index (κ2) is 6.43. The fraction of sp³-hybridized carbons (Fsp3) is 0.750. The van der Waals surface area contributed by atoms with Gasteiger partial charge in [0, 0.05) is 10.3 Å². The monoisotopic (exact) mass is 386 g/mol. The third-order valence-corrected chi connectivity index (χ3v) is 10.2. The van der Waals surface area contributed by atoms with Crippen molar-refractivity contribution >= 4 is 17.4 Å². The highest BCUT2D eigenvalue weighted by Gasteiger charge is 2.61. The summed E-state index contributed by atoms with van der Waals surface area (Å²) in [6.45, 7) is 4.91. The lowest BCUT2D eigenvalue weighted by molar-refractivity contribution is -0.133. The predicted molar refractivity (Wildman–Crippen MR) is 111 cm³/mol. The maximum absolute atomic E-state index is 11.3. The van der Waals surface area contributed by atoms with Gasteiger partial charge in [0.1, 0.15) is 0 Å². The van der Waals surface area contributed by atoms with E-state index in [0.717, 1.165) is 37.5 Å². The molecule has 0 spiro atoms. The van der Waals surface area contributed by atoms with Gasteiger partial charge in [0.15, 0.2) is 0 Å². The number of aliphatic hydroxyl groups is 2. The number of thiophene rings is 1. The maximum Gasteiger partial charge on any atom is 0.0810 e. The van der Waals surface area contributed by atoms with Gasteiger partial charge in [-0.05, 0) is 104 Å². The molecule has 4 aliphatic rings. The molecule has 1 heterocycles. The van der Waals surface area contributed by atoms with Gasteiger partial charge >= 0.3 is 0 Å². The molecule has 0 bridgehead atoms. The van der Waals surface area contributed by atoms with Crippen molar-refractivity contribution < 1.29 is 10.2 Å². The highest BCUT2D eigenvalue weighted by molar-refractivity contribution is 7.10. The Morgan fingerprint density at radius 2 is 1.85 bits per heavy atom. The fourth-order valence-corrected chi connectivity index (χ4v) is 8.48. The summed E-state index contributed by atoms with van der Waals surface area (Å²) >= 11 is 1.77. The summed E-state index contributed by atoms with van der Waals surface area (Å²) in [6.07, 6.45) is 11.2. The van der Waals surface area contributed by atoms with E-state index < -0.39 is 0 Å². The van der Waals surface area contributed by atoms with E-state index in [1.165, 1.54) is 36.1 Å². The highest BCUT2D eigenvalue weighted by Crippen LogP contribution is 2.67. The van der Waals surface area contributed by atoms with Crippen molar-refractivity contribution in [2.45, 2.75) is 77.4 Å². The Hall–Kier alpha value is -0.640. The van der Waals surface area contributed by atoms with Crippen molar-refractivity contribution in [2.24, 2.45) is 34.5 Å². The summed E-state index contributed by atoms with van der Waals surface area (Å²) in [7, 11) is 0. The van der Waals surface area contributed by atoms with Crippen molar-refractivity contribution in [3.63, 3.8) is 0 Å². The molecule has 1 aromatic rings. The number of hydrogen-bond acceptors (Lipinski definition) is 3. The van der Waals surface area contributed by atoms with Gasteiger partial charge in [-0.3, -0.25) is 0 Å². The second-order valence-corrected chi connectivity index (χ2v) is 11.5. The molecule has 0 amide bonds. The topological polar surface area (TPSA) is 40.5 Å². The molecule has 0 radical (unpaired) electrons. The lowest BCUT2D eigenvalue weighted by atomic mass is 9.45. The first-order valence-corrected chi connectivity index (χ1v) is 11.9. The average molecular weight is 387 g/mol. The van der Waals surface area contributed by atoms with Crippen LogP contribution in [0.25, 0.3) is 6.08 Å². The summed E-state index contributed by atoms with van der Waals surface area (Å²) in [4.78, 5) is 1.28. The second-order valence-electron chi connectivity index (χ2n) is 10.5. The molecule has 4 aliphatic carbocycles. The van der Waals surface area contributed by atoms with E-state index in [-0.39, 0.29) is 17.6 Å². The van der Waals surface area contributed by atoms with Gasteiger partial charge in [0.05, 0.1) is 12.2 Å². The average Bonchev–Trinajstić information content (AvgIpc) is 3.24. The standard InChI is InChI=1S/C24H34O2S/c1-23-9-7-17(25)14-16(23)5-6-19-20(23)8-10-24(2)21(19)13-15(22(24)26)12-18-4-3-11-27-18/h3-4,11-12,16-17,19-22,25-26H,5-10,13-14H2,1-2H3/b15-12+/t16-,17+,19-,20+,21+,22+,23+,24+/m1/s1. The van der Waals surface area contributed by atoms with Crippen molar-refractivity contribution in [2.75, 3.05) is 0 Å². The Kier molecular flexibility index (Phi) is 4.38. The van der Waals surface area contributed by atoms with Gasteiger partial charge < -0.3 is 10.2 Å². The van der Waals surface area contributed by atoms with Gasteiger partial charge in [-0.1, -0.05) is 19.9 Å². The Morgan fingerprint density at radius 1 is 1.04 bits per heavy atom. The normalized spacial score (nSPS) is 50.9. The molecule has 2 nitrogen and oxygen atoms in total. The predicted octanol–water partition coefficient (Wildman–Crippen LogP) is 5.51. The summed E-state index contributed by atoms with van der Waals surface area (Å²) in [5.74, 6) is 2.88. The van der Waals surface area contributed by atoms with E-state index in [4.69, 9.17) is 0 Å². The Balaban J connectivity index is 1.45. The van der Waals surface area contributed by atoms with E-state index in [2.05, 4.69) is 37.4 Å². The lowest BCUT2D eigenvalue weighted by Gasteiger charge is -2.60. The van der Waals surface area contributed by atoms with Crippen LogP contribution < -0.4 is 0 Å². The Morgan fingerprint density at radius 3 is 2.63 bits per heavy atom. The van der Waals surface area contributed by atoms with Crippen LogP contribution in [0.5, 0.6) is 0 Å². The lowest BCUT2D eigenvalue weighted by Crippen LogP contribution is -2.54. The zero-order chi connectivity index (χ0) is 18.8. The minimum Gasteiger partial charge on any atom is -0.393 e. The van der Waals surface area contributed by atoms with Gasteiger partial charge in [-0.15, -0.1) is 11.3 Å². The van der Waals surface area contributed by atoms with Crippen LogP contribution in [0.2, 0.25) is 0 Å². The Labute approximate surface area is 167 Å². The van der Waals surface area contributed by atoms with Crippen LogP contribution >= 0.6 is 11.3 Å². The van der Waals surface area contributed by atoms with E-state index in [0.29, 0.717) is 17.3 Å². The third-order valence-electron chi connectivity index (χ3n) is 9.38. The zero-order valence-corrected chi connectivity index (χ0v) is 17.5. The first-order valence-electron chi connectivity index (χ1n) is 11.0. The maximum atomic E-state index is 11.3. The van der Waals surface area contributed by atoms with E-state index in [1.807, 2.05) is 0 Å². The molecular weight excluding hydrogens is 352 g/mol. The molecule has 1 aromatic heterocycles. The minimum atomic E-state index is -0.274. The van der Waals surface area contributed by atoms with Crippen LogP contribution in [0.15, 0.2) is 23.1 Å². The number of fused-ring (bicyclic) bond motifs is 5. The first-order chi connectivity index (χ1) is 12.9. The van der Waals surface area contributed by atoms with Crippen LogP contribution in [0.1, 0.15) is 70.1 Å². The van der Waals surface area contributed by atoms with Crippen molar-refractivity contribution in [3.05, 3.63) is 28.0 Å². The summed E-state index contributed by atoms with van der Waals surface area (Å²) in [5.41, 5.74) is 1.74. The highest BCUT2D eigenvalue weighted by atomic mass is 32.1. The number of aliphatic hydroxyl groups excluding tert-OH is 2. The van der Waals surface area contributed by atoms with Crippen molar-refractivity contribution in [1.82, 2.24) is 0 Å². The van der Waals surface area contributed by atoms with Crippen molar-refractivity contribution in [3.8, 4) is 0 Å².